The number of benzene rings is 1. The van der Waals surface area contributed by atoms with Crippen LogP contribution in [-0.2, 0) is 6.61 Å². The lowest BCUT2D eigenvalue weighted by Crippen LogP contribution is -1.99. The van der Waals surface area contributed by atoms with E-state index in [0.717, 1.165) is 5.75 Å². The second-order valence-electron chi connectivity index (χ2n) is 3.62. The third-order valence-electron chi connectivity index (χ3n) is 2.44. The molecule has 0 unspecified atom stereocenters. The summed E-state index contributed by atoms with van der Waals surface area (Å²) >= 11 is 1.18. The molecule has 0 bridgehead atoms. The van der Waals surface area contributed by atoms with Gasteiger partial charge in [-0.15, -0.1) is 5.10 Å². The van der Waals surface area contributed by atoms with Gasteiger partial charge in [-0.2, -0.15) is 0 Å². The van der Waals surface area contributed by atoms with Gasteiger partial charge in [0.1, 0.15) is 23.1 Å². The molecule has 5 heteroatoms. The zero-order valence-electron chi connectivity index (χ0n) is 9.23. The fourth-order valence-corrected chi connectivity index (χ4v) is 1.70. The van der Waals surface area contributed by atoms with Crippen molar-refractivity contribution in [1.29, 1.82) is 0 Å². The van der Waals surface area contributed by atoms with E-state index in [1.54, 1.807) is 0 Å². The highest BCUT2D eigenvalue weighted by Gasteiger charge is 2.05. The van der Waals surface area contributed by atoms with E-state index in [0.29, 0.717) is 17.3 Å². The Kier molecular flexibility index (Phi) is 3.05. The minimum atomic E-state index is 0.366. The number of hydrogen-bond donors (Lipinski definition) is 1. The molecule has 1 aromatic heterocycles. The van der Waals surface area contributed by atoms with Crippen LogP contribution in [0.1, 0.15) is 16.8 Å². The zero-order chi connectivity index (χ0) is 11.5. The average Bonchev–Trinajstić information content (AvgIpc) is 2.66. The second kappa shape index (κ2) is 4.49. The van der Waals surface area contributed by atoms with E-state index in [1.165, 1.54) is 22.7 Å². The Morgan fingerprint density at radius 3 is 2.75 bits per heavy atom. The number of ether oxygens (including phenoxy) is 1. The van der Waals surface area contributed by atoms with Crippen LogP contribution in [0.5, 0.6) is 5.75 Å². The first-order valence-corrected chi connectivity index (χ1v) is 5.71. The Morgan fingerprint density at radius 2 is 2.12 bits per heavy atom. The van der Waals surface area contributed by atoms with Gasteiger partial charge in [0.25, 0.3) is 0 Å². The van der Waals surface area contributed by atoms with Crippen LogP contribution in [0.25, 0.3) is 0 Å². The number of nitrogens with zero attached hydrogens (tertiary/aromatic N) is 2. The fourth-order valence-electron chi connectivity index (χ4n) is 1.27. The van der Waals surface area contributed by atoms with Crippen molar-refractivity contribution in [3.8, 4) is 5.75 Å². The van der Waals surface area contributed by atoms with Crippen molar-refractivity contribution in [3.63, 3.8) is 0 Å². The lowest BCUT2D eigenvalue weighted by atomic mass is 10.1. The van der Waals surface area contributed by atoms with Crippen LogP contribution >= 0.6 is 11.5 Å². The summed E-state index contributed by atoms with van der Waals surface area (Å²) in [6, 6.07) is 5.98. The Balaban J connectivity index is 2.05. The van der Waals surface area contributed by atoms with Gasteiger partial charge in [-0.25, -0.2) is 0 Å². The lowest BCUT2D eigenvalue weighted by Gasteiger charge is -2.06. The maximum atomic E-state index is 5.67. The largest absolute Gasteiger partial charge is 0.487 e. The predicted molar refractivity (Wildman–Crippen MR) is 64.6 cm³/mol. The van der Waals surface area contributed by atoms with Gasteiger partial charge in [0, 0.05) is 11.5 Å². The number of nitrogens with two attached hydrogens (primary N) is 1. The molecule has 2 rings (SSSR count). The Hall–Kier alpha value is -1.62. The van der Waals surface area contributed by atoms with Crippen LogP contribution in [0, 0.1) is 13.8 Å². The summed E-state index contributed by atoms with van der Waals surface area (Å²) in [5.74, 6) is 0.829. The summed E-state index contributed by atoms with van der Waals surface area (Å²) in [6.07, 6.45) is 0. The SMILES string of the molecule is Cc1ccc(OCc2nnsc2N)cc1C. The van der Waals surface area contributed by atoms with Crippen molar-refractivity contribution in [2.75, 3.05) is 5.73 Å². The molecule has 0 atom stereocenters. The summed E-state index contributed by atoms with van der Waals surface area (Å²) in [5.41, 5.74) is 8.83. The maximum Gasteiger partial charge on any atom is 0.136 e. The van der Waals surface area contributed by atoms with Gasteiger partial charge in [-0.05, 0) is 37.1 Å². The molecule has 0 aliphatic heterocycles. The Labute approximate surface area is 98.2 Å². The van der Waals surface area contributed by atoms with Gasteiger partial charge >= 0.3 is 0 Å². The number of hydrogen-bond acceptors (Lipinski definition) is 5. The summed E-state index contributed by atoms with van der Waals surface area (Å²) in [4.78, 5) is 0. The minimum absolute atomic E-state index is 0.366. The molecule has 0 radical (unpaired) electrons. The third-order valence-corrected chi connectivity index (χ3v) is 3.03. The second-order valence-corrected chi connectivity index (χ2v) is 4.40. The number of anilines is 1. The van der Waals surface area contributed by atoms with Crippen LogP contribution < -0.4 is 10.5 Å². The number of aromatic nitrogens is 2. The summed E-state index contributed by atoms with van der Waals surface area (Å²) in [5, 5.41) is 4.50. The summed E-state index contributed by atoms with van der Waals surface area (Å²) in [7, 11) is 0. The van der Waals surface area contributed by atoms with E-state index < -0.39 is 0 Å². The molecule has 4 nitrogen and oxygen atoms in total. The standard InChI is InChI=1S/C11H13N3OS/c1-7-3-4-9(5-8(7)2)15-6-10-11(12)16-14-13-10/h3-5H,6,12H2,1-2H3. The zero-order valence-corrected chi connectivity index (χ0v) is 10.0. The van der Waals surface area contributed by atoms with Crippen molar-refractivity contribution < 1.29 is 4.74 Å². The van der Waals surface area contributed by atoms with Crippen molar-refractivity contribution in [3.05, 3.63) is 35.0 Å². The highest BCUT2D eigenvalue weighted by molar-refractivity contribution is 7.09. The van der Waals surface area contributed by atoms with E-state index in [4.69, 9.17) is 10.5 Å². The molecule has 1 aromatic carbocycles. The molecule has 0 spiro atoms. The number of aryl methyl sites for hydroxylation is 2. The Bertz CT molecular complexity index is 496. The van der Waals surface area contributed by atoms with Gasteiger partial charge in [-0.3, -0.25) is 0 Å². The predicted octanol–water partition coefficient (Wildman–Crippen LogP) is 2.32. The topological polar surface area (TPSA) is 61.0 Å². The smallest absolute Gasteiger partial charge is 0.136 e. The van der Waals surface area contributed by atoms with Gasteiger partial charge in [0.2, 0.25) is 0 Å². The van der Waals surface area contributed by atoms with Crippen molar-refractivity contribution in [2.45, 2.75) is 20.5 Å². The molecule has 84 valence electrons. The van der Waals surface area contributed by atoms with E-state index in [-0.39, 0.29) is 0 Å². The van der Waals surface area contributed by atoms with Crippen molar-refractivity contribution in [1.82, 2.24) is 9.59 Å². The van der Waals surface area contributed by atoms with Crippen LogP contribution in [0.15, 0.2) is 18.2 Å². The van der Waals surface area contributed by atoms with Crippen LogP contribution in [0.4, 0.5) is 5.00 Å². The quantitative estimate of drug-likeness (QED) is 0.886. The van der Waals surface area contributed by atoms with E-state index in [9.17, 15) is 0 Å². The number of nitrogen functional groups attached to an aromatic ring is 1. The van der Waals surface area contributed by atoms with Gasteiger partial charge in [0.05, 0.1) is 0 Å². The van der Waals surface area contributed by atoms with Gasteiger partial charge in [0.15, 0.2) is 0 Å². The lowest BCUT2D eigenvalue weighted by molar-refractivity contribution is 0.301. The van der Waals surface area contributed by atoms with E-state index in [2.05, 4.69) is 23.4 Å². The highest BCUT2D eigenvalue weighted by atomic mass is 32.1. The van der Waals surface area contributed by atoms with E-state index in [1.807, 2.05) is 18.2 Å². The molecule has 0 fully saturated rings. The monoisotopic (exact) mass is 235 g/mol. The maximum absolute atomic E-state index is 5.67. The van der Waals surface area contributed by atoms with Crippen molar-refractivity contribution >= 4 is 16.5 Å². The molecule has 1 heterocycles. The molecule has 16 heavy (non-hydrogen) atoms. The molecular weight excluding hydrogens is 222 g/mol. The minimum Gasteiger partial charge on any atom is -0.487 e. The average molecular weight is 235 g/mol. The van der Waals surface area contributed by atoms with Crippen LogP contribution in [-0.4, -0.2) is 9.59 Å². The van der Waals surface area contributed by atoms with Crippen LogP contribution in [0.3, 0.4) is 0 Å². The molecule has 2 N–H and O–H groups in total. The first kappa shape index (κ1) is 10.9. The molecule has 0 saturated carbocycles. The molecule has 0 saturated heterocycles. The summed E-state index contributed by atoms with van der Waals surface area (Å²) in [6.45, 7) is 4.49. The molecule has 0 aliphatic carbocycles. The van der Waals surface area contributed by atoms with Gasteiger partial charge in [-0.1, -0.05) is 10.6 Å². The molecular formula is C11H13N3OS. The molecule has 0 amide bonds. The van der Waals surface area contributed by atoms with Crippen LogP contribution in [0.2, 0.25) is 0 Å². The summed E-state index contributed by atoms with van der Waals surface area (Å²) < 4.78 is 9.34. The first-order chi connectivity index (χ1) is 7.66. The molecule has 0 aliphatic rings. The Morgan fingerprint density at radius 1 is 1.31 bits per heavy atom. The van der Waals surface area contributed by atoms with Gasteiger partial charge < -0.3 is 10.5 Å². The normalized spacial score (nSPS) is 10.4. The highest BCUT2D eigenvalue weighted by Crippen LogP contribution is 2.19. The third kappa shape index (κ3) is 2.30. The first-order valence-electron chi connectivity index (χ1n) is 4.93. The number of rotatable bonds is 3. The fraction of sp³-hybridized carbons (Fsp3) is 0.273. The van der Waals surface area contributed by atoms with Crippen molar-refractivity contribution in [2.24, 2.45) is 0 Å². The molecule has 2 aromatic rings. The van der Waals surface area contributed by atoms with E-state index >= 15 is 0 Å².